The van der Waals surface area contributed by atoms with Crippen LogP contribution in [0.15, 0.2) is 18.2 Å². The van der Waals surface area contributed by atoms with Crippen LogP contribution in [0, 0.1) is 0 Å². The molecule has 1 aromatic rings. The van der Waals surface area contributed by atoms with Crippen LogP contribution in [0.2, 0.25) is 0 Å². The molecule has 0 aliphatic carbocycles. The van der Waals surface area contributed by atoms with Crippen molar-refractivity contribution in [1.29, 1.82) is 0 Å². The standard InChI is InChI=1S/C13H18O2/c1-4-6-11-10(9(2)3)7-5-8-12(11)13(14)15/h5,7-9H,4,6H2,1-3H3,(H,14,15). The molecule has 82 valence electrons. The molecule has 0 aliphatic rings. The highest BCUT2D eigenvalue weighted by Gasteiger charge is 2.14. The van der Waals surface area contributed by atoms with E-state index in [1.807, 2.05) is 12.1 Å². The average molecular weight is 206 g/mol. The van der Waals surface area contributed by atoms with E-state index in [4.69, 9.17) is 5.11 Å². The maximum Gasteiger partial charge on any atom is 0.335 e. The van der Waals surface area contributed by atoms with Gasteiger partial charge in [0, 0.05) is 0 Å². The van der Waals surface area contributed by atoms with E-state index < -0.39 is 5.97 Å². The van der Waals surface area contributed by atoms with Gasteiger partial charge < -0.3 is 5.11 Å². The zero-order valence-electron chi connectivity index (χ0n) is 9.58. The van der Waals surface area contributed by atoms with E-state index in [0.29, 0.717) is 11.5 Å². The summed E-state index contributed by atoms with van der Waals surface area (Å²) in [5.74, 6) is -0.438. The molecule has 0 radical (unpaired) electrons. The van der Waals surface area contributed by atoms with Crippen LogP contribution in [0.5, 0.6) is 0 Å². The minimum absolute atomic E-state index is 0.380. The van der Waals surface area contributed by atoms with E-state index in [1.165, 1.54) is 0 Å². The Labute approximate surface area is 90.9 Å². The lowest BCUT2D eigenvalue weighted by atomic mass is 9.91. The van der Waals surface area contributed by atoms with Crippen molar-refractivity contribution in [2.75, 3.05) is 0 Å². The summed E-state index contributed by atoms with van der Waals surface area (Å²) in [5, 5.41) is 9.10. The highest BCUT2D eigenvalue weighted by molar-refractivity contribution is 5.89. The minimum atomic E-state index is -0.819. The van der Waals surface area contributed by atoms with Gasteiger partial charge in [0.25, 0.3) is 0 Å². The number of benzene rings is 1. The number of hydrogen-bond acceptors (Lipinski definition) is 1. The van der Waals surface area contributed by atoms with Crippen molar-refractivity contribution in [2.45, 2.75) is 39.5 Å². The lowest BCUT2D eigenvalue weighted by molar-refractivity contribution is 0.0695. The van der Waals surface area contributed by atoms with E-state index in [1.54, 1.807) is 6.07 Å². The predicted octanol–water partition coefficient (Wildman–Crippen LogP) is 3.46. The van der Waals surface area contributed by atoms with Crippen molar-refractivity contribution >= 4 is 5.97 Å². The summed E-state index contributed by atoms with van der Waals surface area (Å²) in [6, 6.07) is 5.55. The van der Waals surface area contributed by atoms with E-state index in [0.717, 1.165) is 24.0 Å². The molecule has 0 aromatic heterocycles. The topological polar surface area (TPSA) is 37.3 Å². The van der Waals surface area contributed by atoms with Crippen molar-refractivity contribution < 1.29 is 9.90 Å². The third-order valence-electron chi connectivity index (χ3n) is 2.56. The molecule has 0 saturated carbocycles. The SMILES string of the molecule is CCCc1c(C(=O)O)cccc1C(C)C. The van der Waals surface area contributed by atoms with E-state index in [9.17, 15) is 4.79 Å². The van der Waals surface area contributed by atoms with Gasteiger partial charge in [0.05, 0.1) is 5.56 Å². The van der Waals surface area contributed by atoms with Gasteiger partial charge in [0.15, 0.2) is 0 Å². The van der Waals surface area contributed by atoms with Crippen molar-refractivity contribution in [1.82, 2.24) is 0 Å². The molecule has 0 atom stereocenters. The van der Waals surface area contributed by atoms with Crippen LogP contribution in [0.1, 0.15) is 54.6 Å². The molecule has 0 amide bonds. The van der Waals surface area contributed by atoms with Crippen LogP contribution < -0.4 is 0 Å². The number of aromatic carboxylic acids is 1. The molecular weight excluding hydrogens is 188 g/mol. The maximum atomic E-state index is 11.1. The second kappa shape index (κ2) is 4.96. The summed E-state index contributed by atoms with van der Waals surface area (Å²) in [4.78, 5) is 11.1. The number of carboxylic acids is 1. The van der Waals surface area contributed by atoms with Gasteiger partial charge in [-0.1, -0.05) is 39.3 Å². The van der Waals surface area contributed by atoms with Crippen molar-refractivity contribution in [3.63, 3.8) is 0 Å². The highest BCUT2D eigenvalue weighted by atomic mass is 16.4. The van der Waals surface area contributed by atoms with Gasteiger partial charge in [-0.25, -0.2) is 4.79 Å². The number of rotatable bonds is 4. The molecule has 0 unspecified atom stereocenters. The molecular formula is C13H18O2. The van der Waals surface area contributed by atoms with Crippen LogP contribution in [0.4, 0.5) is 0 Å². The van der Waals surface area contributed by atoms with Crippen molar-refractivity contribution in [3.8, 4) is 0 Å². The van der Waals surface area contributed by atoms with Gasteiger partial charge in [-0.05, 0) is 29.5 Å². The first-order valence-corrected chi connectivity index (χ1v) is 5.43. The van der Waals surface area contributed by atoms with Gasteiger partial charge in [0.2, 0.25) is 0 Å². The van der Waals surface area contributed by atoms with Gasteiger partial charge in [-0.2, -0.15) is 0 Å². The molecule has 15 heavy (non-hydrogen) atoms. The Morgan fingerprint density at radius 3 is 2.53 bits per heavy atom. The Bertz CT molecular complexity index is 354. The Balaban J connectivity index is 3.28. The van der Waals surface area contributed by atoms with Crippen LogP contribution in [-0.2, 0) is 6.42 Å². The molecule has 1 rings (SSSR count). The van der Waals surface area contributed by atoms with Gasteiger partial charge in [-0.15, -0.1) is 0 Å². The fraction of sp³-hybridized carbons (Fsp3) is 0.462. The van der Waals surface area contributed by atoms with Crippen LogP contribution in [0.3, 0.4) is 0 Å². The van der Waals surface area contributed by atoms with Crippen LogP contribution in [-0.4, -0.2) is 11.1 Å². The predicted molar refractivity (Wildman–Crippen MR) is 61.5 cm³/mol. The second-order valence-electron chi connectivity index (χ2n) is 4.08. The zero-order valence-corrected chi connectivity index (χ0v) is 9.58. The molecule has 0 aliphatic heterocycles. The molecule has 0 fully saturated rings. The Hall–Kier alpha value is -1.31. The Morgan fingerprint density at radius 1 is 1.40 bits per heavy atom. The largest absolute Gasteiger partial charge is 0.478 e. The monoisotopic (exact) mass is 206 g/mol. The number of carbonyl (C=O) groups is 1. The molecule has 0 heterocycles. The Kier molecular flexibility index (Phi) is 3.89. The smallest absolute Gasteiger partial charge is 0.335 e. The summed E-state index contributed by atoms with van der Waals surface area (Å²) in [5.41, 5.74) is 2.63. The summed E-state index contributed by atoms with van der Waals surface area (Å²) >= 11 is 0. The van der Waals surface area contributed by atoms with Gasteiger partial charge in [-0.3, -0.25) is 0 Å². The third-order valence-corrected chi connectivity index (χ3v) is 2.56. The summed E-state index contributed by atoms with van der Waals surface area (Å²) < 4.78 is 0. The number of hydrogen-bond donors (Lipinski definition) is 1. The van der Waals surface area contributed by atoms with E-state index >= 15 is 0 Å². The first-order valence-electron chi connectivity index (χ1n) is 5.43. The number of carboxylic acid groups (broad SMARTS) is 1. The molecule has 1 aromatic carbocycles. The normalized spacial score (nSPS) is 10.7. The molecule has 2 heteroatoms. The van der Waals surface area contributed by atoms with E-state index in [-0.39, 0.29) is 0 Å². The second-order valence-corrected chi connectivity index (χ2v) is 4.08. The van der Waals surface area contributed by atoms with Crippen molar-refractivity contribution in [3.05, 3.63) is 34.9 Å². The minimum Gasteiger partial charge on any atom is -0.478 e. The van der Waals surface area contributed by atoms with Gasteiger partial charge in [0.1, 0.15) is 0 Å². The highest BCUT2D eigenvalue weighted by Crippen LogP contribution is 2.24. The van der Waals surface area contributed by atoms with Crippen LogP contribution >= 0.6 is 0 Å². The van der Waals surface area contributed by atoms with Gasteiger partial charge >= 0.3 is 5.97 Å². The maximum absolute atomic E-state index is 11.1. The summed E-state index contributed by atoms with van der Waals surface area (Å²) in [6.45, 7) is 6.27. The molecule has 1 N–H and O–H groups in total. The van der Waals surface area contributed by atoms with Crippen LogP contribution in [0.25, 0.3) is 0 Å². The fourth-order valence-electron chi connectivity index (χ4n) is 1.87. The lowest BCUT2D eigenvalue weighted by Gasteiger charge is -2.14. The summed E-state index contributed by atoms with van der Waals surface area (Å²) in [6.07, 6.45) is 1.82. The first-order chi connectivity index (χ1) is 7.07. The molecule has 2 nitrogen and oxygen atoms in total. The molecule has 0 saturated heterocycles. The zero-order chi connectivity index (χ0) is 11.4. The third kappa shape index (κ3) is 2.58. The molecule has 0 bridgehead atoms. The quantitative estimate of drug-likeness (QED) is 0.819. The van der Waals surface area contributed by atoms with E-state index in [2.05, 4.69) is 20.8 Å². The average Bonchev–Trinajstić information content (AvgIpc) is 2.17. The first kappa shape index (κ1) is 11.8. The summed E-state index contributed by atoms with van der Waals surface area (Å²) in [7, 11) is 0. The lowest BCUT2D eigenvalue weighted by Crippen LogP contribution is -2.06. The Morgan fingerprint density at radius 2 is 2.07 bits per heavy atom. The molecule has 0 spiro atoms. The fourth-order valence-corrected chi connectivity index (χ4v) is 1.87. The van der Waals surface area contributed by atoms with Crippen molar-refractivity contribution in [2.24, 2.45) is 0 Å².